The Morgan fingerprint density at radius 3 is 2.62 bits per heavy atom. The largest absolute Gasteiger partial charge is 0.490 e. The molecule has 0 bridgehead atoms. The molecule has 2 amide bonds. The second-order valence-electron chi connectivity index (χ2n) is 5.92. The van der Waals surface area contributed by atoms with E-state index in [1.807, 2.05) is 30.3 Å². The van der Waals surface area contributed by atoms with Crippen LogP contribution in [0.4, 0.5) is 10.5 Å². The number of carboxylic acid groups (broad SMARTS) is 1. The number of nitro benzene ring substituents is 1. The molecule has 0 saturated carbocycles. The lowest BCUT2D eigenvalue weighted by Crippen LogP contribution is -2.39. The van der Waals surface area contributed by atoms with E-state index in [4.69, 9.17) is 4.74 Å². The molecule has 152 valence electrons. The summed E-state index contributed by atoms with van der Waals surface area (Å²) in [6.45, 7) is -0.233. The lowest BCUT2D eigenvalue weighted by molar-refractivity contribution is -0.385. The van der Waals surface area contributed by atoms with Crippen LogP contribution in [0.25, 0.3) is 0 Å². The first-order valence-corrected chi connectivity index (χ1v) is 8.57. The molecule has 0 radical (unpaired) electrons. The summed E-state index contributed by atoms with van der Waals surface area (Å²) in [5, 5.41) is 24.0. The van der Waals surface area contributed by atoms with Crippen molar-refractivity contribution in [3.8, 4) is 5.75 Å². The molecule has 0 aliphatic rings. The molecule has 0 saturated heterocycles. The highest BCUT2D eigenvalue weighted by molar-refractivity contribution is 5.85. The van der Waals surface area contributed by atoms with E-state index in [1.165, 1.54) is 31.5 Å². The van der Waals surface area contributed by atoms with Gasteiger partial charge in [0.1, 0.15) is 6.54 Å². The lowest BCUT2D eigenvalue weighted by atomic mass is 10.1. The quantitative estimate of drug-likeness (QED) is 0.377. The van der Waals surface area contributed by atoms with Crippen LogP contribution in [0.1, 0.15) is 11.1 Å². The molecule has 2 aromatic rings. The van der Waals surface area contributed by atoms with E-state index < -0.39 is 16.9 Å². The number of carbonyl (C=O) groups is 2. The Morgan fingerprint density at radius 2 is 2.00 bits per heavy atom. The smallest absolute Gasteiger partial charge is 0.407 e. The Balaban J connectivity index is 1.92. The lowest BCUT2D eigenvalue weighted by Gasteiger charge is -2.17. The number of amides is 2. The molecule has 0 spiro atoms. The summed E-state index contributed by atoms with van der Waals surface area (Å²) in [7, 11) is 1.32. The molecule has 0 atom stereocenters. The predicted octanol–water partition coefficient (Wildman–Crippen LogP) is 2.28. The number of nitro groups is 1. The second-order valence-corrected chi connectivity index (χ2v) is 5.92. The average Bonchev–Trinajstić information content (AvgIpc) is 2.71. The van der Waals surface area contributed by atoms with Gasteiger partial charge in [-0.3, -0.25) is 19.8 Å². The molecule has 29 heavy (non-hydrogen) atoms. The van der Waals surface area contributed by atoms with Crippen molar-refractivity contribution >= 4 is 23.9 Å². The minimum Gasteiger partial charge on any atom is -0.490 e. The summed E-state index contributed by atoms with van der Waals surface area (Å²) in [5.74, 6) is -0.522. The van der Waals surface area contributed by atoms with Gasteiger partial charge < -0.3 is 9.84 Å². The second kappa shape index (κ2) is 10.4. The van der Waals surface area contributed by atoms with Gasteiger partial charge in [0.15, 0.2) is 5.75 Å². The zero-order valence-corrected chi connectivity index (χ0v) is 15.6. The maximum atomic E-state index is 12.0. The third kappa shape index (κ3) is 6.61. The molecule has 0 aromatic heterocycles. The Morgan fingerprint density at radius 1 is 1.28 bits per heavy atom. The van der Waals surface area contributed by atoms with E-state index in [9.17, 15) is 24.8 Å². The van der Waals surface area contributed by atoms with E-state index in [0.29, 0.717) is 12.0 Å². The number of hydrogen-bond acceptors (Lipinski definition) is 6. The van der Waals surface area contributed by atoms with Crippen molar-refractivity contribution in [2.75, 3.05) is 20.2 Å². The minimum absolute atomic E-state index is 0.103. The van der Waals surface area contributed by atoms with Crippen molar-refractivity contribution in [2.45, 2.75) is 6.42 Å². The molecule has 0 aliphatic carbocycles. The van der Waals surface area contributed by atoms with Crippen molar-refractivity contribution < 1.29 is 24.4 Å². The van der Waals surface area contributed by atoms with Crippen molar-refractivity contribution in [2.24, 2.45) is 5.10 Å². The first-order chi connectivity index (χ1) is 13.9. The number of hydrazone groups is 1. The average molecular weight is 400 g/mol. The summed E-state index contributed by atoms with van der Waals surface area (Å²) in [4.78, 5) is 34.7. The van der Waals surface area contributed by atoms with Gasteiger partial charge in [-0.25, -0.2) is 10.2 Å². The number of ether oxygens (including phenoxy) is 1. The topological polar surface area (TPSA) is 134 Å². The van der Waals surface area contributed by atoms with Crippen molar-refractivity contribution in [1.29, 1.82) is 0 Å². The van der Waals surface area contributed by atoms with Crippen LogP contribution >= 0.6 is 0 Å². The fraction of sp³-hybridized carbons (Fsp3) is 0.211. The molecule has 0 unspecified atom stereocenters. The van der Waals surface area contributed by atoms with Crippen LogP contribution in [0.5, 0.6) is 5.75 Å². The van der Waals surface area contributed by atoms with Crippen LogP contribution in [0.2, 0.25) is 0 Å². The summed E-state index contributed by atoms with van der Waals surface area (Å²) in [6, 6.07) is 13.5. The van der Waals surface area contributed by atoms with Gasteiger partial charge in [-0.2, -0.15) is 5.10 Å². The van der Waals surface area contributed by atoms with Gasteiger partial charge in [0.05, 0.1) is 18.2 Å². The SMILES string of the molecule is COc1ccc(C=NNC(=O)CN(CCc2ccccc2)C(=O)O)cc1[N+](=O)[O-]. The van der Waals surface area contributed by atoms with Gasteiger partial charge >= 0.3 is 11.8 Å². The summed E-state index contributed by atoms with van der Waals surface area (Å²) < 4.78 is 4.91. The monoisotopic (exact) mass is 400 g/mol. The van der Waals surface area contributed by atoms with Crippen LogP contribution in [-0.2, 0) is 11.2 Å². The molecule has 0 heterocycles. The van der Waals surface area contributed by atoms with Crippen molar-refractivity contribution in [3.05, 3.63) is 69.8 Å². The van der Waals surface area contributed by atoms with Crippen LogP contribution in [0.15, 0.2) is 53.6 Å². The van der Waals surface area contributed by atoms with Crippen LogP contribution in [-0.4, -0.2) is 53.3 Å². The predicted molar refractivity (Wildman–Crippen MR) is 105 cm³/mol. The van der Waals surface area contributed by atoms with E-state index in [0.717, 1.165) is 10.5 Å². The number of nitrogens with one attached hydrogen (secondary N) is 1. The van der Waals surface area contributed by atoms with Gasteiger partial charge in [0, 0.05) is 18.2 Å². The summed E-state index contributed by atoms with van der Waals surface area (Å²) >= 11 is 0. The van der Waals surface area contributed by atoms with E-state index >= 15 is 0 Å². The molecule has 0 aliphatic heterocycles. The Kier molecular flexibility index (Phi) is 7.66. The molecular weight excluding hydrogens is 380 g/mol. The Bertz CT molecular complexity index is 901. The van der Waals surface area contributed by atoms with Crippen molar-refractivity contribution in [3.63, 3.8) is 0 Å². The maximum absolute atomic E-state index is 12.0. The highest BCUT2D eigenvalue weighted by Gasteiger charge is 2.16. The number of benzene rings is 2. The molecule has 2 rings (SSSR count). The van der Waals surface area contributed by atoms with E-state index in [1.54, 1.807) is 0 Å². The molecular formula is C19H20N4O6. The fourth-order valence-corrected chi connectivity index (χ4v) is 2.47. The number of nitrogens with zero attached hydrogens (tertiary/aromatic N) is 3. The number of rotatable bonds is 9. The first kappa shape index (κ1) is 21.4. The van der Waals surface area contributed by atoms with E-state index in [-0.39, 0.29) is 24.5 Å². The number of methoxy groups -OCH3 is 1. The molecule has 2 N–H and O–H groups in total. The van der Waals surface area contributed by atoms with Gasteiger partial charge in [0.2, 0.25) is 0 Å². The van der Waals surface area contributed by atoms with Gasteiger partial charge in [-0.05, 0) is 24.1 Å². The number of hydrogen-bond donors (Lipinski definition) is 2. The fourth-order valence-electron chi connectivity index (χ4n) is 2.47. The zero-order chi connectivity index (χ0) is 21.2. The van der Waals surface area contributed by atoms with Gasteiger partial charge in [-0.1, -0.05) is 30.3 Å². The van der Waals surface area contributed by atoms with Gasteiger partial charge in [0.25, 0.3) is 5.91 Å². The molecule has 10 nitrogen and oxygen atoms in total. The highest BCUT2D eigenvalue weighted by Crippen LogP contribution is 2.26. The zero-order valence-electron chi connectivity index (χ0n) is 15.6. The van der Waals surface area contributed by atoms with Crippen LogP contribution in [0, 0.1) is 10.1 Å². The van der Waals surface area contributed by atoms with Crippen molar-refractivity contribution in [1.82, 2.24) is 10.3 Å². The van der Waals surface area contributed by atoms with Crippen LogP contribution in [0.3, 0.4) is 0 Å². The third-order valence-electron chi connectivity index (χ3n) is 3.92. The van der Waals surface area contributed by atoms with Gasteiger partial charge in [-0.15, -0.1) is 0 Å². The first-order valence-electron chi connectivity index (χ1n) is 8.57. The van der Waals surface area contributed by atoms with E-state index in [2.05, 4.69) is 10.5 Å². The third-order valence-corrected chi connectivity index (χ3v) is 3.92. The number of carbonyl (C=O) groups excluding carboxylic acids is 1. The summed E-state index contributed by atoms with van der Waals surface area (Å²) in [6.07, 6.45) is 0.476. The van der Waals surface area contributed by atoms with Crippen LogP contribution < -0.4 is 10.2 Å². The Labute approximate surface area is 166 Å². The molecule has 10 heteroatoms. The normalized spacial score (nSPS) is 10.5. The Hall–Kier alpha value is -3.95. The standard InChI is InChI=1S/C19H20N4O6/c1-29-17-8-7-15(11-16(17)23(27)28)12-20-21-18(24)13-22(19(25)26)10-9-14-5-3-2-4-6-14/h2-8,11-12H,9-10,13H2,1H3,(H,21,24)(H,25,26). The molecule has 2 aromatic carbocycles. The summed E-state index contributed by atoms with van der Waals surface area (Å²) in [5.41, 5.74) is 3.31. The highest BCUT2D eigenvalue weighted by atomic mass is 16.6. The molecule has 0 fully saturated rings. The maximum Gasteiger partial charge on any atom is 0.407 e. The minimum atomic E-state index is -1.22.